The zero-order chi connectivity index (χ0) is 13.7. The molecule has 0 saturated heterocycles. The highest BCUT2D eigenvalue weighted by molar-refractivity contribution is 5.98. The Morgan fingerprint density at radius 2 is 1.74 bits per heavy atom. The molecule has 19 heavy (non-hydrogen) atoms. The van der Waals surface area contributed by atoms with E-state index in [9.17, 15) is 4.79 Å². The van der Waals surface area contributed by atoms with E-state index in [1.807, 2.05) is 18.2 Å². The normalized spacial score (nSPS) is 10.8. The molecule has 0 heterocycles. The van der Waals surface area contributed by atoms with Crippen molar-refractivity contribution in [3.8, 4) is 0 Å². The van der Waals surface area contributed by atoms with Gasteiger partial charge in [-0.1, -0.05) is 56.5 Å². The zero-order valence-corrected chi connectivity index (χ0v) is 11.9. The molecule has 0 radical (unpaired) electrons. The van der Waals surface area contributed by atoms with Crippen molar-refractivity contribution < 1.29 is 4.79 Å². The van der Waals surface area contributed by atoms with Crippen LogP contribution in [0.5, 0.6) is 0 Å². The number of hydrogen-bond acceptors (Lipinski definition) is 1. The molecule has 0 spiro atoms. The van der Waals surface area contributed by atoms with Gasteiger partial charge in [0.15, 0.2) is 5.78 Å². The minimum atomic E-state index is 0.134. The highest BCUT2D eigenvalue weighted by Crippen LogP contribution is 2.19. The average molecular weight is 254 g/mol. The van der Waals surface area contributed by atoms with Gasteiger partial charge in [-0.2, -0.15) is 0 Å². The smallest absolute Gasteiger partial charge is 0.159 e. The standard InChI is InChI=1S/C18H22O/c1-3-4-5-6-7-15-8-9-16-10-11-17(14(2)19)13-18(16)12-15/h8-13H,3-7H2,1-2H3. The van der Waals surface area contributed by atoms with Crippen LogP contribution in [0.25, 0.3) is 10.8 Å². The molecule has 1 nitrogen and oxygen atoms in total. The summed E-state index contributed by atoms with van der Waals surface area (Å²) < 4.78 is 0. The van der Waals surface area contributed by atoms with Gasteiger partial charge < -0.3 is 0 Å². The third-order valence-electron chi connectivity index (χ3n) is 3.63. The van der Waals surface area contributed by atoms with Crippen molar-refractivity contribution in [2.75, 3.05) is 0 Å². The fourth-order valence-corrected chi connectivity index (χ4v) is 2.43. The topological polar surface area (TPSA) is 17.1 Å². The molecule has 0 aromatic heterocycles. The van der Waals surface area contributed by atoms with E-state index in [2.05, 4.69) is 25.1 Å². The fourth-order valence-electron chi connectivity index (χ4n) is 2.43. The van der Waals surface area contributed by atoms with E-state index >= 15 is 0 Å². The molecule has 0 N–H and O–H groups in total. The van der Waals surface area contributed by atoms with Crippen LogP contribution in [0, 0.1) is 0 Å². The monoisotopic (exact) mass is 254 g/mol. The van der Waals surface area contributed by atoms with Crippen LogP contribution < -0.4 is 0 Å². The molecule has 0 saturated carbocycles. The first-order valence-corrected chi connectivity index (χ1v) is 7.24. The lowest BCUT2D eigenvalue weighted by atomic mass is 10.00. The van der Waals surface area contributed by atoms with Crippen molar-refractivity contribution >= 4 is 16.6 Å². The number of ketones is 1. The predicted molar refractivity (Wildman–Crippen MR) is 81.8 cm³/mol. The largest absolute Gasteiger partial charge is 0.295 e. The molecular formula is C18H22O. The van der Waals surface area contributed by atoms with Gasteiger partial charge in [-0.3, -0.25) is 4.79 Å². The third kappa shape index (κ3) is 3.66. The van der Waals surface area contributed by atoms with E-state index in [4.69, 9.17) is 0 Å². The molecule has 2 aromatic carbocycles. The Hall–Kier alpha value is -1.63. The van der Waals surface area contributed by atoms with Crippen LogP contribution in [0.1, 0.15) is 55.5 Å². The quantitative estimate of drug-likeness (QED) is 0.513. The van der Waals surface area contributed by atoms with E-state index < -0.39 is 0 Å². The molecule has 0 bridgehead atoms. The van der Waals surface area contributed by atoms with Crippen molar-refractivity contribution in [3.63, 3.8) is 0 Å². The maximum atomic E-state index is 11.4. The summed E-state index contributed by atoms with van der Waals surface area (Å²) in [6.07, 6.45) is 6.30. The summed E-state index contributed by atoms with van der Waals surface area (Å²) in [4.78, 5) is 11.4. The van der Waals surface area contributed by atoms with Crippen LogP contribution in [-0.4, -0.2) is 5.78 Å². The van der Waals surface area contributed by atoms with Gasteiger partial charge in [0.1, 0.15) is 0 Å². The van der Waals surface area contributed by atoms with E-state index in [1.54, 1.807) is 6.92 Å². The highest BCUT2D eigenvalue weighted by atomic mass is 16.1. The van der Waals surface area contributed by atoms with Crippen molar-refractivity contribution in [1.82, 2.24) is 0 Å². The Bertz CT molecular complexity index is 569. The average Bonchev–Trinajstić information content (AvgIpc) is 2.42. The van der Waals surface area contributed by atoms with Crippen LogP contribution in [0.15, 0.2) is 36.4 Å². The second-order valence-electron chi connectivity index (χ2n) is 5.26. The Morgan fingerprint density at radius 1 is 0.947 bits per heavy atom. The summed E-state index contributed by atoms with van der Waals surface area (Å²) in [6.45, 7) is 3.86. The first kappa shape index (κ1) is 13.8. The van der Waals surface area contributed by atoms with Crippen LogP contribution in [-0.2, 0) is 6.42 Å². The number of rotatable bonds is 6. The molecule has 0 unspecified atom stereocenters. The molecular weight excluding hydrogens is 232 g/mol. The Labute approximate surface area is 115 Å². The van der Waals surface area contributed by atoms with Gasteiger partial charge in [-0.15, -0.1) is 0 Å². The number of unbranched alkanes of at least 4 members (excludes halogenated alkanes) is 3. The Kier molecular flexibility index (Phi) is 4.73. The van der Waals surface area contributed by atoms with Crippen molar-refractivity contribution in [2.24, 2.45) is 0 Å². The van der Waals surface area contributed by atoms with Gasteiger partial charge in [0, 0.05) is 5.56 Å². The van der Waals surface area contributed by atoms with Crippen LogP contribution in [0.4, 0.5) is 0 Å². The summed E-state index contributed by atoms with van der Waals surface area (Å²) in [5, 5.41) is 2.39. The molecule has 0 atom stereocenters. The summed E-state index contributed by atoms with van der Waals surface area (Å²) in [5.41, 5.74) is 2.18. The van der Waals surface area contributed by atoms with E-state index in [1.165, 1.54) is 42.0 Å². The predicted octanol–water partition coefficient (Wildman–Crippen LogP) is 5.17. The lowest BCUT2D eigenvalue weighted by Gasteiger charge is -2.05. The first-order valence-electron chi connectivity index (χ1n) is 7.24. The molecule has 2 aromatic rings. The molecule has 0 fully saturated rings. The lowest BCUT2D eigenvalue weighted by molar-refractivity contribution is 0.101. The number of carbonyl (C=O) groups is 1. The maximum absolute atomic E-state index is 11.4. The highest BCUT2D eigenvalue weighted by Gasteiger charge is 2.02. The van der Waals surface area contributed by atoms with Gasteiger partial charge in [0.25, 0.3) is 0 Å². The van der Waals surface area contributed by atoms with E-state index in [0.717, 1.165) is 12.0 Å². The molecule has 0 aliphatic rings. The molecule has 0 aliphatic carbocycles. The number of fused-ring (bicyclic) bond motifs is 1. The second-order valence-corrected chi connectivity index (χ2v) is 5.26. The molecule has 100 valence electrons. The molecule has 1 heteroatoms. The van der Waals surface area contributed by atoms with Gasteiger partial charge in [0.05, 0.1) is 0 Å². The van der Waals surface area contributed by atoms with Crippen molar-refractivity contribution in [1.29, 1.82) is 0 Å². The van der Waals surface area contributed by atoms with Crippen molar-refractivity contribution in [2.45, 2.75) is 46.0 Å². The summed E-state index contributed by atoms with van der Waals surface area (Å²) in [7, 11) is 0. The Balaban J connectivity index is 2.16. The number of hydrogen-bond donors (Lipinski definition) is 0. The van der Waals surface area contributed by atoms with Crippen molar-refractivity contribution in [3.05, 3.63) is 47.5 Å². The van der Waals surface area contributed by atoms with Gasteiger partial charge >= 0.3 is 0 Å². The Morgan fingerprint density at radius 3 is 2.47 bits per heavy atom. The minimum Gasteiger partial charge on any atom is -0.295 e. The van der Waals surface area contributed by atoms with Gasteiger partial charge in [-0.25, -0.2) is 0 Å². The molecule has 0 aliphatic heterocycles. The first-order chi connectivity index (χ1) is 9.20. The number of Topliss-reactive ketones (excluding diaryl/α,β-unsaturated/α-hetero) is 1. The lowest BCUT2D eigenvalue weighted by Crippen LogP contribution is -1.92. The van der Waals surface area contributed by atoms with Crippen LogP contribution in [0.3, 0.4) is 0 Å². The minimum absolute atomic E-state index is 0.134. The van der Waals surface area contributed by atoms with Gasteiger partial charge in [-0.05, 0) is 42.2 Å². The zero-order valence-electron chi connectivity index (χ0n) is 11.9. The number of benzene rings is 2. The SMILES string of the molecule is CCCCCCc1ccc2ccc(C(C)=O)cc2c1. The summed E-state index contributed by atoms with van der Waals surface area (Å²) >= 11 is 0. The molecule has 2 rings (SSSR count). The van der Waals surface area contributed by atoms with E-state index in [0.29, 0.717) is 0 Å². The molecule has 0 amide bonds. The van der Waals surface area contributed by atoms with E-state index in [-0.39, 0.29) is 5.78 Å². The summed E-state index contributed by atoms with van der Waals surface area (Å²) in [5.74, 6) is 0.134. The fraction of sp³-hybridized carbons (Fsp3) is 0.389. The third-order valence-corrected chi connectivity index (χ3v) is 3.63. The maximum Gasteiger partial charge on any atom is 0.159 e. The number of aryl methyl sites for hydroxylation is 1. The van der Waals surface area contributed by atoms with Crippen LogP contribution in [0.2, 0.25) is 0 Å². The summed E-state index contributed by atoms with van der Waals surface area (Å²) in [6, 6.07) is 12.6. The second kappa shape index (κ2) is 6.51. The van der Waals surface area contributed by atoms with Gasteiger partial charge in [0.2, 0.25) is 0 Å². The number of carbonyl (C=O) groups excluding carboxylic acids is 1. The van der Waals surface area contributed by atoms with Crippen LogP contribution >= 0.6 is 0 Å².